The lowest BCUT2D eigenvalue weighted by Crippen LogP contribution is -2.24. The van der Waals surface area contributed by atoms with Gasteiger partial charge in [-0.1, -0.05) is 0 Å². The largest absolute Gasteiger partial charge is 0.383 e. The number of anilines is 1. The van der Waals surface area contributed by atoms with E-state index in [0.717, 1.165) is 0 Å². The van der Waals surface area contributed by atoms with E-state index in [-0.39, 0.29) is 18.3 Å². The summed E-state index contributed by atoms with van der Waals surface area (Å²) in [5, 5.41) is 12.8. The van der Waals surface area contributed by atoms with Crippen LogP contribution in [-0.2, 0) is 13.6 Å². The Morgan fingerprint density at radius 2 is 2.50 bits per heavy atom. The maximum Gasteiger partial charge on any atom is 0.257 e. The van der Waals surface area contributed by atoms with Crippen LogP contribution in [-0.4, -0.2) is 30.9 Å². The Bertz CT molecular complexity index is 500. The topological polar surface area (TPSA) is 115 Å². The molecule has 16 heavy (non-hydrogen) atoms. The van der Waals surface area contributed by atoms with Crippen LogP contribution in [0.1, 0.15) is 16.2 Å². The van der Waals surface area contributed by atoms with Crippen molar-refractivity contribution in [3.63, 3.8) is 0 Å². The van der Waals surface area contributed by atoms with Crippen LogP contribution in [0.5, 0.6) is 0 Å². The third-order valence-electron chi connectivity index (χ3n) is 1.97. The minimum atomic E-state index is -0.307. The number of aromatic amines is 1. The molecule has 0 aromatic carbocycles. The van der Waals surface area contributed by atoms with Crippen molar-refractivity contribution in [3.8, 4) is 0 Å². The van der Waals surface area contributed by atoms with E-state index in [1.165, 1.54) is 6.20 Å². The Kier molecular flexibility index (Phi) is 2.54. The number of aromatic nitrogens is 5. The second-order valence-electron chi connectivity index (χ2n) is 3.21. The summed E-state index contributed by atoms with van der Waals surface area (Å²) in [7, 11) is 1.76. The Morgan fingerprint density at radius 1 is 1.69 bits per heavy atom. The van der Waals surface area contributed by atoms with Crippen LogP contribution < -0.4 is 11.1 Å². The highest BCUT2D eigenvalue weighted by molar-refractivity contribution is 5.97. The molecule has 0 unspecified atom stereocenters. The van der Waals surface area contributed by atoms with E-state index in [0.29, 0.717) is 11.4 Å². The molecule has 0 atom stereocenters. The molecule has 0 spiro atoms. The Labute approximate surface area is 90.9 Å². The molecule has 1 amide bonds. The zero-order chi connectivity index (χ0) is 11.5. The first-order valence-electron chi connectivity index (χ1n) is 4.58. The highest BCUT2D eigenvalue weighted by Crippen LogP contribution is 2.05. The van der Waals surface area contributed by atoms with Gasteiger partial charge in [0.1, 0.15) is 17.7 Å². The van der Waals surface area contributed by atoms with Crippen molar-refractivity contribution >= 4 is 11.7 Å². The smallest absolute Gasteiger partial charge is 0.257 e. The fourth-order valence-electron chi connectivity index (χ4n) is 1.20. The maximum absolute atomic E-state index is 11.6. The molecule has 4 N–H and O–H groups in total. The monoisotopic (exact) mass is 221 g/mol. The molecule has 0 aliphatic heterocycles. The van der Waals surface area contributed by atoms with Crippen molar-refractivity contribution in [2.24, 2.45) is 7.05 Å². The quantitative estimate of drug-likeness (QED) is 0.618. The summed E-state index contributed by atoms with van der Waals surface area (Å²) in [6.45, 7) is 0.254. The predicted octanol–water partition coefficient (Wildman–Crippen LogP) is -0.950. The third-order valence-corrected chi connectivity index (χ3v) is 1.97. The zero-order valence-corrected chi connectivity index (χ0v) is 8.64. The van der Waals surface area contributed by atoms with E-state index in [4.69, 9.17) is 5.73 Å². The van der Waals surface area contributed by atoms with Crippen LogP contribution >= 0.6 is 0 Å². The number of aryl methyl sites for hydroxylation is 1. The van der Waals surface area contributed by atoms with E-state index in [9.17, 15) is 4.79 Å². The van der Waals surface area contributed by atoms with Gasteiger partial charge in [-0.05, 0) is 0 Å². The van der Waals surface area contributed by atoms with Crippen LogP contribution in [0.25, 0.3) is 0 Å². The van der Waals surface area contributed by atoms with E-state index in [1.807, 2.05) is 0 Å². The van der Waals surface area contributed by atoms with E-state index < -0.39 is 0 Å². The minimum Gasteiger partial charge on any atom is -0.383 e. The van der Waals surface area contributed by atoms with Crippen LogP contribution in [0, 0.1) is 0 Å². The molecule has 2 heterocycles. The van der Waals surface area contributed by atoms with Crippen molar-refractivity contribution in [1.29, 1.82) is 0 Å². The lowest BCUT2D eigenvalue weighted by atomic mass is 10.3. The summed E-state index contributed by atoms with van der Waals surface area (Å²) in [6, 6.07) is 0. The highest BCUT2D eigenvalue weighted by Gasteiger charge is 2.11. The van der Waals surface area contributed by atoms with Crippen molar-refractivity contribution in [3.05, 3.63) is 23.9 Å². The molecule has 8 nitrogen and oxygen atoms in total. The first-order valence-corrected chi connectivity index (χ1v) is 4.58. The first-order chi connectivity index (χ1) is 7.66. The molecule has 0 aliphatic carbocycles. The molecule has 8 heteroatoms. The van der Waals surface area contributed by atoms with Gasteiger partial charge >= 0.3 is 0 Å². The number of nitrogens with zero attached hydrogens (tertiary/aromatic N) is 4. The Balaban J connectivity index is 1.96. The summed E-state index contributed by atoms with van der Waals surface area (Å²) < 4.78 is 1.56. The second-order valence-corrected chi connectivity index (χ2v) is 3.21. The van der Waals surface area contributed by atoms with Gasteiger partial charge in [-0.2, -0.15) is 10.2 Å². The van der Waals surface area contributed by atoms with Gasteiger partial charge in [0.2, 0.25) is 0 Å². The van der Waals surface area contributed by atoms with Crippen LogP contribution in [0.2, 0.25) is 0 Å². The lowest BCUT2D eigenvalue weighted by molar-refractivity contribution is 0.0951. The number of hydrogen-bond donors (Lipinski definition) is 3. The molecule has 0 saturated heterocycles. The summed E-state index contributed by atoms with van der Waals surface area (Å²) in [6.07, 6.45) is 2.93. The van der Waals surface area contributed by atoms with E-state index >= 15 is 0 Å². The number of rotatable bonds is 3. The fourth-order valence-corrected chi connectivity index (χ4v) is 1.20. The van der Waals surface area contributed by atoms with Gasteiger partial charge in [0.25, 0.3) is 5.91 Å². The average molecular weight is 221 g/mol. The third kappa shape index (κ3) is 2.00. The number of amides is 1. The summed E-state index contributed by atoms with van der Waals surface area (Å²) in [5.41, 5.74) is 5.82. The minimum absolute atomic E-state index is 0.242. The van der Waals surface area contributed by atoms with Gasteiger partial charge in [-0.15, -0.1) is 0 Å². The van der Waals surface area contributed by atoms with Gasteiger partial charge in [0.15, 0.2) is 5.82 Å². The van der Waals surface area contributed by atoms with Crippen LogP contribution in [0.4, 0.5) is 5.82 Å². The molecule has 2 aromatic rings. The maximum atomic E-state index is 11.6. The summed E-state index contributed by atoms with van der Waals surface area (Å²) in [5.74, 6) is 0.475. The Hall–Kier alpha value is -2.38. The molecule has 0 saturated carbocycles. The number of nitrogens with two attached hydrogens (primary N) is 1. The number of hydrogen-bond acceptors (Lipinski definition) is 5. The molecule has 0 bridgehead atoms. The zero-order valence-electron chi connectivity index (χ0n) is 8.64. The van der Waals surface area contributed by atoms with E-state index in [2.05, 4.69) is 25.6 Å². The number of nitrogens with one attached hydrogen (secondary N) is 2. The first kappa shape index (κ1) is 10.1. The Morgan fingerprint density at radius 3 is 3.06 bits per heavy atom. The predicted molar refractivity (Wildman–Crippen MR) is 55.2 cm³/mol. The van der Waals surface area contributed by atoms with Crippen LogP contribution in [0.15, 0.2) is 12.5 Å². The van der Waals surface area contributed by atoms with Crippen molar-refractivity contribution in [1.82, 2.24) is 30.3 Å². The number of nitrogen functional groups attached to an aromatic ring is 1. The van der Waals surface area contributed by atoms with Crippen molar-refractivity contribution < 1.29 is 4.79 Å². The number of H-pyrrole nitrogens is 1. The standard InChI is InChI=1S/C8H11N7O/c1-15-4-11-6(14-15)3-10-8(16)5-2-12-13-7(5)9/h2,4H,3H2,1H3,(H,10,16)(H3,9,12,13). The van der Waals surface area contributed by atoms with Gasteiger partial charge < -0.3 is 11.1 Å². The molecule has 2 rings (SSSR count). The average Bonchev–Trinajstić information content (AvgIpc) is 2.84. The molecule has 84 valence electrons. The van der Waals surface area contributed by atoms with Gasteiger partial charge in [0, 0.05) is 7.05 Å². The second kappa shape index (κ2) is 4.01. The van der Waals surface area contributed by atoms with Gasteiger partial charge in [0.05, 0.1) is 12.7 Å². The lowest BCUT2D eigenvalue weighted by Gasteiger charge is -2.00. The van der Waals surface area contributed by atoms with Crippen molar-refractivity contribution in [2.75, 3.05) is 5.73 Å². The van der Waals surface area contributed by atoms with Gasteiger partial charge in [-0.25, -0.2) is 4.98 Å². The number of carbonyl (C=O) groups is 1. The van der Waals surface area contributed by atoms with Crippen LogP contribution in [0.3, 0.4) is 0 Å². The molecule has 0 fully saturated rings. The molecular weight excluding hydrogens is 210 g/mol. The fraction of sp³-hybridized carbons (Fsp3) is 0.250. The summed E-state index contributed by atoms with van der Waals surface area (Å²) >= 11 is 0. The summed E-state index contributed by atoms with van der Waals surface area (Å²) in [4.78, 5) is 15.6. The van der Waals surface area contributed by atoms with E-state index in [1.54, 1.807) is 18.1 Å². The van der Waals surface area contributed by atoms with Gasteiger partial charge in [-0.3, -0.25) is 14.6 Å². The molecular formula is C8H11N7O. The van der Waals surface area contributed by atoms with Crippen molar-refractivity contribution in [2.45, 2.75) is 6.54 Å². The number of carbonyl (C=O) groups excluding carboxylic acids is 1. The molecule has 0 aliphatic rings. The highest BCUT2D eigenvalue weighted by atomic mass is 16.1. The normalized spacial score (nSPS) is 10.3. The molecule has 2 aromatic heterocycles. The SMILES string of the molecule is Cn1cnc(CNC(=O)c2cn[nH]c2N)n1. The molecule has 0 radical (unpaired) electrons.